The van der Waals surface area contributed by atoms with Crippen molar-refractivity contribution in [1.82, 2.24) is 30.2 Å². The largest absolute Gasteiger partial charge is 0.376 e. The van der Waals surface area contributed by atoms with Crippen molar-refractivity contribution < 1.29 is 9.18 Å². The zero-order valence-electron chi connectivity index (χ0n) is 23.8. The highest BCUT2D eigenvalue weighted by molar-refractivity contribution is 6.06. The van der Waals surface area contributed by atoms with Crippen LogP contribution >= 0.6 is 0 Å². The number of aromatic nitrogens is 4. The highest BCUT2D eigenvalue weighted by Crippen LogP contribution is 2.29. The Morgan fingerprint density at radius 3 is 2.63 bits per heavy atom. The van der Waals surface area contributed by atoms with Crippen LogP contribution in [-0.2, 0) is 6.42 Å². The van der Waals surface area contributed by atoms with Crippen LogP contribution in [0, 0.1) is 11.7 Å². The first-order chi connectivity index (χ1) is 19.8. The Morgan fingerprint density at radius 2 is 1.93 bits per heavy atom. The van der Waals surface area contributed by atoms with Crippen LogP contribution in [0.4, 0.5) is 10.2 Å². The Morgan fingerprint density at radius 1 is 1.12 bits per heavy atom. The SMILES string of the molecule is C=C(C)N1CCC(Cc2ccc(-c3cc(NC[C@@H](C)c4ccc(F)c5c(C(=O)NC)ccnc45)ncn3)cn2)CC1. The highest BCUT2D eigenvalue weighted by atomic mass is 19.1. The Balaban J connectivity index is 1.24. The van der Waals surface area contributed by atoms with Crippen molar-refractivity contribution in [1.29, 1.82) is 0 Å². The van der Waals surface area contributed by atoms with Crippen molar-refractivity contribution in [3.8, 4) is 11.3 Å². The number of piperidine rings is 1. The number of halogens is 1. The van der Waals surface area contributed by atoms with Gasteiger partial charge in [0.25, 0.3) is 5.91 Å². The Labute approximate surface area is 240 Å². The van der Waals surface area contributed by atoms with Crippen molar-refractivity contribution in [2.24, 2.45) is 5.92 Å². The fourth-order valence-corrected chi connectivity index (χ4v) is 5.46. The maximum absolute atomic E-state index is 14.8. The standard InChI is InChI=1S/C32H36FN7O/c1-20(2)40-13-10-22(11-14-40)15-24-6-5-23(18-36-24)28-16-29(39-19-38-28)37-17-21(3)25-7-8-27(33)30-26(32(41)34-4)9-12-35-31(25)30/h5-9,12,16,18-19,21-22H,1,10-11,13-15,17H2,2-4H3,(H,34,41)(H,37,38,39)/t21-/m1/s1. The maximum atomic E-state index is 14.8. The molecule has 0 radical (unpaired) electrons. The number of pyridine rings is 2. The molecule has 41 heavy (non-hydrogen) atoms. The lowest BCUT2D eigenvalue weighted by molar-refractivity contribution is 0.0964. The molecule has 4 aromatic rings. The first-order valence-electron chi connectivity index (χ1n) is 14.0. The van der Waals surface area contributed by atoms with Crippen LogP contribution in [0.2, 0.25) is 0 Å². The van der Waals surface area contributed by atoms with E-state index >= 15 is 0 Å². The summed E-state index contributed by atoms with van der Waals surface area (Å²) < 4.78 is 14.8. The minimum atomic E-state index is -0.469. The maximum Gasteiger partial charge on any atom is 0.251 e. The van der Waals surface area contributed by atoms with Gasteiger partial charge in [-0.2, -0.15) is 0 Å². The average Bonchev–Trinajstić information content (AvgIpc) is 3.00. The van der Waals surface area contributed by atoms with Crippen molar-refractivity contribution in [2.45, 2.75) is 39.0 Å². The molecule has 1 fully saturated rings. The van der Waals surface area contributed by atoms with E-state index < -0.39 is 5.82 Å². The number of carbonyl (C=O) groups is 1. The molecule has 1 aliphatic rings. The number of allylic oxidation sites excluding steroid dienone is 1. The summed E-state index contributed by atoms with van der Waals surface area (Å²) in [5, 5.41) is 6.18. The molecule has 0 aliphatic carbocycles. The van der Waals surface area contributed by atoms with Gasteiger partial charge in [-0.1, -0.05) is 19.6 Å². The number of amides is 1. The molecular weight excluding hydrogens is 517 g/mol. The smallest absolute Gasteiger partial charge is 0.251 e. The highest BCUT2D eigenvalue weighted by Gasteiger charge is 2.20. The summed E-state index contributed by atoms with van der Waals surface area (Å²) in [6.07, 6.45) is 8.27. The van der Waals surface area contributed by atoms with Gasteiger partial charge in [-0.05, 0) is 61.9 Å². The molecule has 8 nitrogen and oxygen atoms in total. The predicted octanol–water partition coefficient (Wildman–Crippen LogP) is 5.59. The molecule has 9 heteroatoms. The third-order valence-corrected chi connectivity index (χ3v) is 7.90. The number of hydrogen-bond acceptors (Lipinski definition) is 7. The molecule has 212 valence electrons. The topological polar surface area (TPSA) is 95.9 Å². The zero-order valence-corrected chi connectivity index (χ0v) is 23.8. The van der Waals surface area contributed by atoms with Gasteiger partial charge in [0.1, 0.15) is 18.0 Å². The number of benzene rings is 1. The Kier molecular flexibility index (Phi) is 8.52. The Bertz CT molecular complexity index is 1550. The lowest BCUT2D eigenvalue weighted by atomic mass is 9.91. The third kappa shape index (κ3) is 6.34. The normalized spacial score (nSPS) is 14.6. The van der Waals surface area contributed by atoms with Crippen molar-refractivity contribution in [2.75, 3.05) is 32.0 Å². The number of fused-ring (bicyclic) bond motifs is 1. The summed E-state index contributed by atoms with van der Waals surface area (Å²) >= 11 is 0. The van der Waals surface area contributed by atoms with E-state index in [-0.39, 0.29) is 22.8 Å². The molecule has 0 saturated carbocycles. The lowest BCUT2D eigenvalue weighted by Crippen LogP contribution is -2.32. The summed E-state index contributed by atoms with van der Waals surface area (Å²) in [4.78, 5) is 32.7. The first kappa shape index (κ1) is 28.1. The quantitative estimate of drug-likeness (QED) is 0.279. The molecule has 1 atom stereocenters. The van der Waals surface area contributed by atoms with Crippen molar-refractivity contribution in [3.05, 3.63) is 90.0 Å². The van der Waals surface area contributed by atoms with Crippen molar-refractivity contribution >= 4 is 22.6 Å². The molecule has 0 bridgehead atoms. The second-order valence-corrected chi connectivity index (χ2v) is 10.8. The zero-order chi connectivity index (χ0) is 28.9. The minimum absolute atomic E-state index is 0.0350. The van der Waals surface area contributed by atoms with Crippen LogP contribution in [0.15, 0.2) is 67.4 Å². The summed E-state index contributed by atoms with van der Waals surface area (Å²) in [6.45, 7) is 10.8. The van der Waals surface area contributed by atoms with E-state index in [4.69, 9.17) is 4.98 Å². The number of likely N-dealkylation sites (tertiary alicyclic amines) is 1. The average molecular weight is 554 g/mol. The second kappa shape index (κ2) is 12.4. The van der Waals surface area contributed by atoms with Gasteiger partial charge in [-0.25, -0.2) is 14.4 Å². The van der Waals surface area contributed by atoms with Crippen molar-refractivity contribution in [3.63, 3.8) is 0 Å². The molecule has 0 spiro atoms. The van der Waals surface area contributed by atoms with Gasteiger partial charge in [-0.3, -0.25) is 14.8 Å². The van der Waals surface area contributed by atoms with E-state index in [1.807, 2.05) is 19.2 Å². The van der Waals surface area contributed by atoms with Crippen LogP contribution in [0.5, 0.6) is 0 Å². The van der Waals surface area contributed by atoms with Gasteiger partial charge in [0, 0.05) is 73.4 Å². The van der Waals surface area contributed by atoms with Crippen LogP contribution in [0.1, 0.15) is 54.2 Å². The van der Waals surface area contributed by atoms with E-state index in [1.165, 1.54) is 25.5 Å². The van der Waals surface area contributed by atoms with Gasteiger partial charge in [0.05, 0.1) is 16.8 Å². The monoisotopic (exact) mass is 553 g/mol. The molecule has 1 amide bonds. The van der Waals surface area contributed by atoms with Gasteiger partial charge >= 0.3 is 0 Å². The molecule has 3 aromatic heterocycles. The Hall–Kier alpha value is -4.40. The number of rotatable bonds is 9. The van der Waals surface area contributed by atoms with E-state index in [9.17, 15) is 9.18 Å². The number of nitrogens with zero attached hydrogens (tertiary/aromatic N) is 5. The molecule has 5 rings (SSSR count). The molecule has 1 saturated heterocycles. The number of anilines is 1. The molecule has 1 aliphatic heterocycles. The van der Waals surface area contributed by atoms with Gasteiger partial charge in [-0.15, -0.1) is 0 Å². The van der Waals surface area contributed by atoms with E-state index in [0.29, 0.717) is 23.8 Å². The summed E-state index contributed by atoms with van der Waals surface area (Å²) in [5.41, 5.74) is 5.56. The van der Waals surface area contributed by atoms with Crippen LogP contribution in [0.25, 0.3) is 22.2 Å². The van der Waals surface area contributed by atoms with Crippen LogP contribution in [-0.4, -0.2) is 57.4 Å². The fraction of sp³-hybridized carbons (Fsp3) is 0.344. The molecule has 1 aromatic carbocycles. The molecule has 2 N–H and O–H groups in total. The summed E-state index contributed by atoms with van der Waals surface area (Å²) in [6, 6.07) is 10.7. The predicted molar refractivity (Wildman–Crippen MR) is 160 cm³/mol. The van der Waals surface area contributed by atoms with Gasteiger partial charge in [0.2, 0.25) is 0 Å². The minimum Gasteiger partial charge on any atom is -0.376 e. The number of carbonyl (C=O) groups excluding carboxylic acids is 1. The summed E-state index contributed by atoms with van der Waals surface area (Å²) in [7, 11) is 1.53. The number of nitrogens with one attached hydrogen (secondary N) is 2. The first-order valence-corrected chi connectivity index (χ1v) is 14.0. The molecule has 0 unspecified atom stereocenters. The lowest BCUT2D eigenvalue weighted by Gasteiger charge is -2.33. The third-order valence-electron chi connectivity index (χ3n) is 7.90. The van der Waals surface area contributed by atoms with Crippen LogP contribution < -0.4 is 10.6 Å². The second-order valence-electron chi connectivity index (χ2n) is 10.8. The molecular formula is C32H36FN7O. The fourth-order valence-electron chi connectivity index (χ4n) is 5.46. The van der Waals surface area contributed by atoms with Gasteiger partial charge in [0.15, 0.2) is 0 Å². The van der Waals surface area contributed by atoms with E-state index in [1.54, 1.807) is 12.3 Å². The number of hydrogen-bond donors (Lipinski definition) is 2. The van der Waals surface area contributed by atoms with Crippen LogP contribution in [0.3, 0.4) is 0 Å². The van der Waals surface area contributed by atoms with Gasteiger partial charge < -0.3 is 15.5 Å². The van der Waals surface area contributed by atoms with E-state index in [2.05, 4.69) is 56.1 Å². The van der Waals surface area contributed by atoms with E-state index in [0.717, 1.165) is 60.6 Å². The molecule has 4 heterocycles. The summed E-state index contributed by atoms with van der Waals surface area (Å²) in [5.74, 6) is 0.473.